The Kier molecular flexibility index (Phi) is 5.57. The molecule has 1 N–H and O–H groups in total. The van der Waals surface area contributed by atoms with Crippen LogP contribution in [0.4, 0.5) is 5.82 Å². The van der Waals surface area contributed by atoms with Gasteiger partial charge in [0.05, 0.1) is 12.3 Å². The largest absolute Gasteiger partial charge is 0.484 e. The van der Waals surface area contributed by atoms with E-state index in [9.17, 15) is 9.59 Å². The molecule has 7 nitrogen and oxygen atoms in total. The fourth-order valence-electron chi connectivity index (χ4n) is 2.20. The highest BCUT2D eigenvalue weighted by Gasteiger charge is 2.23. The van der Waals surface area contributed by atoms with Crippen molar-refractivity contribution in [3.63, 3.8) is 0 Å². The third-order valence-corrected chi connectivity index (χ3v) is 3.35. The van der Waals surface area contributed by atoms with Gasteiger partial charge in [-0.05, 0) is 32.9 Å². The van der Waals surface area contributed by atoms with Gasteiger partial charge in [0.1, 0.15) is 17.1 Å². The molecule has 1 aromatic carbocycles. The van der Waals surface area contributed by atoms with Crippen molar-refractivity contribution in [2.75, 3.05) is 18.5 Å². The van der Waals surface area contributed by atoms with E-state index in [4.69, 9.17) is 9.47 Å². The van der Waals surface area contributed by atoms with Crippen LogP contribution in [0.15, 0.2) is 24.3 Å². The first kappa shape index (κ1) is 17.5. The van der Waals surface area contributed by atoms with Crippen LogP contribution in [0.2, 0.25) is 0 Å². The van der Waals surface area contributed by atoms with Crippen LogP contribution in [0.5, 0.6) is 5.75 Å². The van der Waals surface area contributed by atoms with Crippen molar-refractivity contribution in [3.05, 3.63) is 41.1 Å². The Morgan fingerprint density at radius 3 is 2.50 bits per heavy atom. The average molecular weight is 331 g/mol. The van der Waals surface area contributed by atoms with E-state index in [1.807, 2.05) is 19.1 Å². The Balaban J connectivity index is 2.05. The number of amides is 1. The van der Waals surface area contributed by atoms with Gasteiger partial charge in [-0.15, -0.1) is 0 Å². The lowest BCUT2D eigenvalue weighted by atomic mass is 10.2. The van der Waals surface area contributed by atoms with Crippen LogP contribution in [-0.4, -0.2) is 34.9 Å². The maximum absolute atomic E-state index is 12.1. The van der Waals surface area contributed by atoms with E-state index in [1.165, 1.54) is 4.68 Å². The number of carbonyl (C=O) groups is 2. The van der Waals surface area contributed by atoms with Crippen LogP contribution in [0, 0.1) is 13.8 Å². The summed E-state index contributed by atoms with van der Waals surface area (Å²) in [6, 6.07) is 7.38. The number of aryl methyl sites for hydroxylation is 3. The van der Waals surface area contributed by atoms with E-state index < -0.39 is 5.97 Å². The molecule has 1 aromatic heterocycles. The van der Waals surface area contributed by atoms with Gasteiger partial charge < -0.3 is 14.8 Å². The highest BCUT2D eigenvalue weighted by molar-refractivity contribution is 6.01. The molecule has 0 atom stereocenters. The molecule has 0 fully saturated rings. The fourth-order valence-corrected chi connectivity index (χ4v) is 2.20. The molecule has 128 valence electrons. The monoisotopic (exact) mass is 331 g/mol. The van der Waals surface area contributed by atoms with Crippen LogP contribution in [0.1, 0.15) is 28.5 Å². The Bertz CT molecular complexity index is 735. The number of hydrogen-bond acceptors (Lipinski definition) is 5. The predicted octanol–water partition coefficient (Wildman–Crippen LogP) is 2.23. The van der Waals surface area contributed by atoms with Crippen LogP contribution >= 0.6 is 0 Å². The number of aromatic nitrogens is 2. The summed E-state index contributed by atoms with van der Waals surface area (Å²) in [5.74, 6) is -0.00650. The smallest absolute Gasteiger partial charge is 0.343 e. The quantitative estimate of drug-likeness (QED) is 0.821. The normalized spacial score (nSPS) is 10.3. The van der Waals surface area contributed by atoms with Crippen molar-refractivity contribution >= 4 is 17.7 Å². The molecule has 0 unspecified atom stereocenters. The summed E-state index contributed by atoms with van der Waals surface area (Å²) in [6.45, 7) is 5.45. The molecule has 0 radical (unpaired) electrons. The molecular weight excluding hydrogens is 310 g/mol. The number of hydrogen-bond donors (Lipinski definition) is 1. The molecule has 7 heteroatoms. The number of carbonyl (C=O) groups excluding carboxylic acids is 2. The Labute approximate surface area is 140 Å². The third kappa shape index (κ3) is 4.13. The Morgan fingerprint density at radius 1 is 1.21 bits per heavy atom. The summed E-state index contributed by atoms with van der Waals surface area (Å²) in [7, 11) is 1.65. The van der Waals surface area contributed by atoms with Gasteiger partial charge in [-0.3, -0.25) is 9.48 Å². The van der Waals surface area contributed by atoms with Gasteiger partial charge in [0.2, 0.25) is 0 Å². The first-order valence-corrected chi connectivity index (χ1v) is 7.62. The first-order chi connectivity index (χ1) is 11.4. The average Bonchev–Trinajstić information content (AvgIpc) is 2.81. The second kappa shape index (κ2) is 7.63. The summed E-state index contributed by atoms with van der Waals surface area (Å²) in [5, 5.41) is 6.81. The number of nitrogens with one attached hydrogen (secondary N) is 1. The maximum atomic E-state index is 12.1. The van der Waals surface area contributed by atoms with E-state index in [-0.39, 0.29) is 24.7 Å². The molecule has 2 aromatic rings. The van der Waals surface area contributed by atoms with Gasteiger partial charge in [-0.25, -0.2) is 4.79 Å². The number of anilines is 1. The number of rotatable bonds is 6. The zero-order chi connectivity index (χ0) is 17.7. The molecule has 24 heavy (non-hydrogen) atoms. The summed E-state index contributed by atoms with van der Waals surface area (Å²) < 4.78 is 11.9. The van der Waals surface area contributed by atoms with E-state index >= 15 is 0 Å². The van der Waals surface area contributed by atoms with Crippen molar-refractivity contribution in [2.24, 2.45) is 7.05 Å². The van der Waals surface area contributed by atoms with Gasteiger partial charge in [-0.2, -0.15) is 5.10 Å². The lowest BCUT2D eigenvalue weighted by molar-refractivity contribution is -0.118. The van der Waals surface area contributed by atoms with Gasteiger partial charge in [0, 0.05) is 7.05 Å². The maximum Gasteiger partial charge on any atom is 0.343 e. The molecule has 0 aliphatic rings. The van der Waals surface area contributed by atoms with E-state index in [1.54, 1.807) is 33.0 Å². The van der Waals surface area contributed by atoms with Gasteiger partial charge in [0.25, 0.3) is 5.91 Å². The minimum absolute atomic E-state index is 0.171. The molecule has 1 heterocycles. The molecule has 0 bridgehead atoms. The summed E-state index contributed by atoms with van der Waals surface area (Å²) in [4.78, 5) is 24.2. The minimum Gasteiger partial charge on any atom is -0.484 e. The van der Waals surface area contributed by atoms with Crippen molar-refractivity contribution in [3.8, 4) is 5.75 Å². The van der Waals surface area contributed by atoms with Crippen molar-refractivity contribution in [1.82, 2.24) is 9.78 Å². The second-order valence-corrected chi connectivity index (χ2v) is 5.30. The first-order valence-electron chi connectivity index (χ1n) is 7.62. The number of benzene rings is 1. The number of esters is 1. The summed E-state index contributed by atoms with van der Waals surface area (Å²) in [5.41, 5.74) is 1.85. The Morgan fingerprint density at radius 2 is 1.88 bits per heavy atom. The van der Waals surface area contributed by atoms with Crippen LogP contribution in [0.3, 0.4) is 0 Å². The molecule has 0 aliphatic carbocycles. The third-order valence-electron chi connectivity index (χ3n) is 3.35. The predicted molar refractivity (Wildman–Crippen MR) is 89.2 cm³/mol. The molecular formula is C17H21N3O4. The van der Waals surface area contributed by atoms with Crippen LogP contribution < -0.4 is 10.1 Å². The Hall–Kier alpha value is -2.83. The molecule has 0 saturated carbocycles. The SMILES string of the molecule is CCOC(=O)c1c(C)nn(C)c1NC(=O)COc1ccc(C)cc1. The van der Waals surface area contributed by atoms with Crippen molar-refractivity contribution in [1.29, 1.82) is 0 Å². The standard InChI is InChI=1S/C17H21N3O4/c1-5-23-17(22)15-12(3)19-20(4)16(15)18-14(21)10-24-13-8-6-11(2)7-9-13/h6-9H,5,10H2,1-4H3,(H,18,21). The molecule has 0 aliphatic heterocycles. The van der Waals surface area contributed by atoms with E-state index in [0.717, 1.165) is 5.56 Å². The number of nitrogens with zero attached hydrogens (tertiary/aromatic N) is 2. The van der Waals surface area contributed by atoms with Gasteiger partial charge >= 0.3 is 5.97 Å². The summed E-state index contributed by atoms with van der Waals surface area (Å²) in [6.07, 6.45) is 0. The van der Waals surface area contributed by atoms with E-state index in [0.29, 0.717) is 17.3 Å². The zero-order valence-electron chi connectivity index (χ0n) is 14.3. The summed E-state index contributed by atoms with van der Waals surface area (Å²) >= 11 is 0. The molecule has 2 rings (SSSR count). The highest BCUT2D eigenvalue weighted by Crippen LogP contribution is 2.20. The fraction of sp³-hybridized carbons (Fsp3) is 0.353. The van der Waals surface area contributed by atoms with Crippen LogP contribution in [-0.2, 0) is 16.6 Å². The topological polar surface area (TPSA) is 82.5 Å². The van der Waals surface area contributed by atoms with Crippen LogP contribution in [0.25, 0.3) is 0 Å². The van der Waals surface area contributed by atoms with Gasteiger partial charge in [-0.1, -0.05) is 17.7 Å². The molecule has 0 saturated heterocycles. The van der Waals surface area contributed by atoms with E-state index in [2.05, 4.69) is 10.4 Å². The highest BCUT2D eigenvalue weighted by atomic mass is 16.5. The van der Waals surface area contributed by atoms with Crippen molar-refractivity contribution in [2.45, 2.75) is 20.8 Å². The molecule has 0 spiro atoms. The molecule has 1 amide bonds. The van der Waals surface area contributed by atoms with Gasteiger partial charge in [0.15, 0.2) is 6.61 Å². The second-order valence-electron chi connectivity index (χ2n) is 5.30. The lowest BCUT2D eigenvalue weighted by Crippen LogP contribution is -2.23. The van der Waals surface area contributed by atoms with Crippen molar-refractivity contribution < 1.29 is 19.1 Å². The zero-order valence-corrected chi connectivity index (χ0v) is 14.3. The number of ether oxygens (including phenoxy) is 2. The minimum atomic E-state index is -0.516. The lowest BCUT2D eigenvalue weighted by Gasteiger charge is -2.10.